The van der Waals surface area contributed by atoms with Gasteiger partial charge in [-0.2, -0.15) is 0 Å². The molecule has 0 unspecified atom stereocenters. The van der Waals surface area contributed by atoms with Crippen LogP contribution in [0.1, 0.15) is 54.2 Å². The number of carbonyl (C=O) groups excluding carboxylic acids is 1. The number of aromatic nitrogens is 3. The van der Waals surface area contributed by atoms with Crippen LogP contribution in [-0.4, -0.2) is 47.2 Å². The van der Waals surface area contributed by atoms with Gasteiger partial charge < -0.3 is 20.4 Å². The number of rotatable bonds is 7. The number of ketones is 1. The highest BCUT2D eigenvalue weighted by Gasteiger charge is 2.24. The number of phenolic OH excluding ortho intramolecular Hbond substituents is 3. The highest BCUT2D eigenvalue weighted by Crippen LogP contribution is 2.43. The number of aromatic hydroxyl groups is 3. The van der Waals surface area contributed by atoms with Gasteiger partial charge in [0.15, 0.2) is 17.2 Å². The summed E-state index contributed by atoms with van der Waals surface area (Å²) in [5.41, 5.74) is 0.0505. The van der Waals surface area contributed by atoms with E-state index in [0.717, 1.165) is 0 Å². The Hall–Kier alpha value is -3.10. The molecular formula is C16H19N3O6. The van der Waals surface area contributed by atoms with Crippen molar-refractivity contribution in [3.63, 3.8) is 0 Å². The Balaban J connectivity index is 2.29. The summed E-state index contributed by atoms with van der Waals surface area (Å²) in [5.74, 6) is -3.75. The van der Waals surface area contributed by atoms with Gasteiger partial charge in [0, 0.05) is 18.5 Å². The zero-order valence-electron chi connectivity index (χ0n) is 13.8. The average molecular weight is 349 g/mol. The molecule has 0 aliphatic heterocycles. The van der Waals surface area contributed by atoms with E-state index in [4.69, 9.17) is 5.11 Å². The van der Waals surface area contributed by atoms with Crippen molar-refractivity contribution in [2.45, 2.75) is 39.2 Å². The van der Waals surface area contributed by atoms with E-state index >= 15 is 0 Å². The number of carbonyl (C=O) groups is 2. The van der Waals surface area contributed by atoms with Crippen molar-refractivity contribution < 1.29 is 30.0 Å². The lowest BCUT2D eigenvalue weighted by Gasteiger charge is -2.13. The van der Waals surface area contributed by atoms with Crippen LogP contribution in [0.25, 0.3) is 0 Å². The van der Waals surface area contributed by atoms with Gasteiger partial charge in [-0.05, 0) is 18.4 Å². The average Bonchev–Trinajstić information content (AvgIpc) is 3.00. The number of aryl methyl sites for hydroxylation is 1. The quantitative estimate of drug-likeness (QED) is 0.435. The monoisotopic (exact) mass is 349 g/mol. The second-order valence-corrected chi connectivity index (χ2v) is 5.91. The lowest BCUT2D eigenvalue weighted by atomic mass is 9.96. The summed E-state index contributed by atoms with van der Waals surface area (Å²) in [6, 6.07) is 1.31. The molecule has 9 nitrogen and oxygen atoms in total. The standard InChI is InChI=1S/C16H19N3O6/c1-8(2)9-6-10(15(24)16(25)14(9)23)13(22)11-7-19(18-17-11)5-3-4-12(20)21/h6-8,23-25H,3-5H2,1-2H3,(H,20,21). The van der Waals surface area contributed by atoms with Crippen molar-refractivity contribution in [1.82, 2.24) is 15.0 Å². The summed E-state index contributed by atoms with van der Waals surface area (Å²) in [7, 11) is 0. The number of carboxylic acid groups (broad SMARTS) is 1. The summed E-state index contributed by atoms with van der Waals surface area (Å²) < 4.78 is 1.33. The van der Waals surface area contributed by atoms with Gasteiger partial charge in [-0.3, -0.25) is 14.3 Å². The van der Waals surface area contributed by atoms with Gasteiger partial charge in [-0.15, -0.1) is 5.10 Å². The van der Waals surface area contributed by atoms with Gasteiger partial charge in [0.2, 0.25) is 11.5 Å². The van der Waals surface area contributed by atoms with Crippen LogP contribution in [0, 0.1) is 0 Å². The summed E-state index contributed by atoms with van der Waals surface area (Å²) in [4.78, 5) is 23.0. The number of carboxylic acids is 1. The minimum atomic E-state index is -0.929. The predicted octanol–water partition coefficient (Wildman–Crippen LogP) is 1.61. The van der Waals surface area contributed by atoms with Crippen molar-refractivity contribution in [2.24, 2.45) is 0 Å². The molecule has 0 aliphatic rings. The largest absolute Gasteiger partial charge is 0.504 e. The summed E-state index contributed by atoms with van der Waals surface area (Å²) in [6.07, 6.45) is 1.63. The first kappa shape index (κ1) is 18.2. The maximum Gasteiger partial charge on any atom is 0.303 e. The molecule has 1 aromatic heterocycles. The van der Waals surface area contributed by atoms with Gasteiger partial charge in [-0.1, -0.05) is 19.1 Å². The van der Waals surface area contributed by atoms with Crippen LogP contribution < -0.4 is 0 Å². The molecule has 134 valence electrons. The van der Waals surface area contributed by atoms with Gasteiger partial charge in [0.05, 0.1) is 11.8 Å². The summed E-state index contributed by atoms with van der Waals surface area (Å²) in [6.45, 7) is 3.80. The maximum atomic E-state index is 12.5. The molecule has 0 fully saturated rings. The fraction of sp³-hybridized carbons (Fsp3) is 0.375. The molecule has 0 atom stereocenters. The van der Waals surface area contributed by atoms with E-state index in [9.17, 15) is 24.9 Å². The van der Waals surface area contributed by atoms with E-state index in [1.165, 1.54) is 16.9 Å². The van der Waals surface area contributed by atoms with Crippen LogP contribution in [0.15, 0.2) is 12.3 Å². The minimum absolute atomic E-state index is 0.0342. The Kier molecular flexibility index (Phi) is 5.26. The maximum absolute atomic E-state index is 12.5. The number of benzene rings is 1. The molecule has 1 heterocycles. The van der Waals surface area contributed by atoms with Crippen LogP contribution >= 0.6 is 0 Å². The van der Waals surface area contributed by atoms with E-state index in [1.54, 1.807) is 13.8 Å². The topological polar surface area (TPSA) is 146 Å². The van der Waals surface area contributed by atoms with Crippen LogP contribution in [0.3, 0.4) is 0 Å². The smallest absolute Gasteiger partial charge is 0.303 e. The predicted molar refractivity (Wildman–Crippen MR) is 85.8 cm³/mol. The molecule has 0 amide bonds. The Morgan fingerprint density at radius 1 is 1.16 bits per heavy atom. The Morgan fingerprint density at radius 3 is 2.44 bits per heavy atom. The van der Waals surface area contributed by atoms with E-state index in [-0.39, 0.29) is 30.1 Å². The molecule has 0 spiro atoms. The van der Waals surface area contributed by atoms with Gasteiger partial charge >= 0.3 is 5.97 Å². The van der Waals surface area contributed by atoms with E-state index in [0.29, 0.717) is 12.0 Å². The minimum Gasteiger partial charge on any atom is -0.504 e. The molecule has 0 aliphatic carbocycles. The molecular weight excluding hydrogens is 330 g/mol. The highest BCUT2D eigenvalue weighted by molar-refractivity contribution is 6.10. The normalized spacial score (nSPS) is 11.0. The van der Waals surface area contributed by atoms with Crippen molar-refractivity contribution >= 4 is 11.8 Å². The molecule has 9 heteroatoms. The first-order valence-corrected chi connectivity index (χ1v) is 7.66. The second kappa shape index (κ2) is 7.20. The Morgan fingerprint density at radius 2 is 1.84 bits per heavy atom. The van der Waals surface area contributed by atoms with Gasteiger partial charge in [0.1, 0.15) is 0 Å². The molecule has 0 saturated heterocycles. The third-order valence-corrected chi connectivity index (χ3v) is 3.69. The van der Waals surface area contributed by atoms with Gasteiger partial charge in [0.25, 0.3) is 0 Å². The first-order chi connectivity index (χ1) is 11.7. The lowest BCUT2D eigenvalue weighted by molar-refractivity contribution is -0.137. The second-order valence-electron chi connectivity index (χ2n) is 5.91. The lowest BCUT2D eigenvalue weighted by Crippen LogP contribution is -2.05. The zero-order chi connectivity index (χ0) is 18.7. The third-order valence-electron chi connectivity index (χ3n) is 3.69. The fourth-order valence-electron chi connectivity index (χ4n) is 2.32. The molecule has 1 aromatic carbocycles. The first-order valence-electron chi connectivity index (χ1n) is 7.66. The molecule has 4 N–H and O–H groups in total. The molecule has 2 aromatic rings. The third kappa shape index (κ3) is 3.87. The fourth-order valence-corrected chi connectivity index (χ4v) is 2.32. The molecule has 0 radical (unpaired) electrons. The Bertz CT molecular complexity index is 812. The number of hydrogen-bond donors (Lipinski definition) is 4. The summed E-state index contributed by atoms with van der Waals surface area (Å²) >= 11 is 0. The van der Waals surface area contributed by atoms with Crippen LogP contribution in [0.5, 0.6) is 17.2 Å². The highest BCUT2D eigenvalue weighted by atomic mass is 16.4. The SMILES string of the molecule is CC(C)c1cc(C(=O)c2cn(CCCC(=O)O)nn2)c(O)c(O)c1O. The van der Waals surface area contributed by atoms with Crippen molar-refractivity contribution in [2.75, 3.05) is 0 Å². The van der Waals surface area contributed by atoms with Gasteiger partial charge in [-0.25, -0.2) is 0 Å². The van der Waals surface area contributed by atoms with Crippen molar-refractivity contribution in [3.05, 3.63) is 29.1 Å². The molecule has 0 bridgehead atoms. The number of phenols is 3. The summed E-state index contributed by atoms with van der Waals surface area (Å²) in [5, 5.41) is 45.8. The number of aliphatic carboxylic acids is 1. The molecule has 2 rings (SSSR count). The van der Waals surface area contributed by atoms with E-state index in [1.807, 2.05) is 0 Å². The molecule has 0 saturated carbocycles. The van der Waals surface area contributed by atoms with Crippen molar-refractivity contribution in [3.8, 4) is 17.2 Å². The zero-order valence-corrected chi connectivity index (χ0v) is 13.8. The number of nitrogens with zero attached hydrogens (tertiary/aromatic N) is 3. The van der Waals surface area contributed by atoms with Crippen LogP contribution in [0.2, 0.25) is 0 Å². The van der Waals surface area contributed by atoms with Crippen LogP contribution in [0.4, 0.5) is 0 Å². The van der Waals surface area contributed by atoms with Crippen molar-refractivity contribution in [1.29, 1.82) is 0 Å². The van der Waals surface area contributed by atoms with E-state index < -0.39 is 29.0 Å². The number of hydrogen-bond acceptors (Lipinski definition) is 7. The Labute approximate surface area is 143 Å². The molecule has 25 heavy (non-hydrogen) atoms. The van der Waals surface area contributed by atoms with Crippen LogP contribution in [-0.2, 0) is 11.3 Å². The van der Waals surface area contributed by atoms with E-state index in [2.05, 4.69) is 10.3 Å².